The highest BCUT2D eigenvalue weighted by atomic mass is 16.5. The van der Waals surface area contributed by atoms with Crippen LogP contribution in [0.2, 0.25) is 0 Å². The van der Waals surface area contributed by atoms with Gasteiger partial charge in [0.05, 0.1) is 46.2 Å². The standard InChI is InChI=1S/C38H48N2O9/c1-44-21-7-10-32(28-12-11-27-15-18-36(41)39-31(27)24-28)49-35-25-40(38(42)43)20-19-30(35)26-13-16-29(17-14-26)47-22-4-5-23-48-37-33(45-2)8-6-9-34(37)46-3/h6,8-9,11-14,16-17,24,30,32,35H,4-5,7,10,15,18-23,25H2,1-3H3,(H,39,41)(H,42,43). The van der Waals surface area contributed by atoms with Crippen molar-refractivity contribution in [3.05, 3.63) is 77.4 Å². The van der Waals surface area contributed by atoms with Gasteiger partial charge in [0.15, 0.2) is 11.5 Å². The monoisotopic (exact) mass is 676 g/mol. The van der Waals surface area contributed by atoms with Crippen LogP contribution in [-0.4, -0.2) is 82.4 Å². The Kier molecular flexibility index (Phi) is 13.0. The number of hydrogen-bond donors (Lipinski definition) is 2. The molecule has 1 fully saturated rings. The average molecular weight is 677 g/mol. The maximum Gasteiger partial charge on any atom is 0.407 e. The number of aryl methyl sites for hydroxylation is 1. The van der Waals surface area contributed by atoms with Crippen LogP contribution in [0.4, 0.5) is 10.5 Å². The lowest BCUT2D eigenvalue weighted by molar-refractivity contribution is -0.116. The third-order valence-corrected chi connectivity index (χ3v) is 9.13. The number of ether oxygens (including phenoxy) is 6. The van der Waals surface area contributed by atoms with Crippen molar-refractivity contribution >= 4 is 17.7 Å². The average Bonchev–Trinajstić information content (AvgIpc) is 3.12. The van der Waals surface area contributed by atoms with Gasteiger partial charge in [-0.05, 0) is 85.5 Å². The van der Waals surface area contributed by atoms with Crippen LogP contribution < -0.4 is 24.3 Å². The first kappa shape index (κ1) is 35.8. The number of amides is 2. The van der Waals surface area contributed by atoms with E-state index in [4.69, 9.17) is 28.4 Å². The Morgan fingerprint density at radius 1 is 0.918 bits per heavy atom. The van der Waals surface area contributed by atoms with Crippen LogP contribution >= 0.6 is 0 Å². The zero-order chi connectivity index (χ0) is 34.6. The second kappa shape index (κ2) is 17.8. The Morgan fingerprint density at radius 2 is 1.65 bits per heavy atom. The number of rotatable bonds is 17. The van der Waals surface area contributed by atoms with E-state index in [9.17, 15) is 14.7 Å². The molecule has 2 N–H and O–H groups in total. The molecule has 0 saturated carbocycles. The number of piperidine rings is 1. The van der Waals surface area contributed by atoms with Crippen molar-refractivity contribution in [2.24, 2.45) is 0 Å². The van der Waals surface area contributed by atoms with Gasteiger partial charge in [-0.3, -0.25) is 4.79 Å². The summed E-state index contributed by atoms with van der Waals surface area (Å²) in [5, 5.41) is 12.8. The van der Waals surface area contributed by atoms with E-state index in [-0.39, 0.29) is 30.6 Å². The second-order valence-corrected chi connectivity index (χ2v) is 12.4. The van der Waals surface area contributed by atoms with Gasteiger partial charge in [0.25, 0.3) is 0 Å². The number of methoxy groups -OCH3 is 3. The molecule has 1 saturated heterocycles. The summed E-state index contributed by atoms with van der Waals surface area (Å²) in [5.74, 6) is 2.64. The second-order valence-electron chi connectivity index (χ2n) is 12.4. The zero-order valence-corrected chi connectivity index (χ0v) is 28.7. The number of hydrogen-bond acceptors (Lipinski definition) is 8. The van der Waals surface area contributed by atoms with Gasteiger partial charge in [-0.15, -0.1) is 0 Å². The van der Waals surface area contributed by atoms with E-state index in [0.29, 0.717) is 69.3 Å². The first-order valence-electron chi connectivity index (χ1n) is 17.0. The van der Waals surface area contributed by atoms with E-state index in [1.54, 1.807) is 21.3 Å². The van der Waals surface area contributed by atoms with Crippen LogP contribution in [0, 0.1) is 0 Å². The summed E-state index contributed by atoms with van der Waals surface area (Å²) >= 11 is 0. The fourth-order valence-electron chi connectivity index (χ4n) is 6.48. The van der Waals surface area contributed by atoms with Crippen LogP contribution in [0.3, 0.4) is 0 Å². The minimum Gasteiger partial charge on any atom is -0.494 e. The zero-order valence-electron chi connectivity index (χ0n) is 28.7. The number of nitrogens with one attached hydrogen (secondary N) is 1. The summed E-state index contributed by atoms with van der Waals surface area (Å²) in [6, 6.07) is 19.7. The minimum atomic E-state index is -0.948. The molecule has 0 aromatic heterocycles. The molecule has 2 heterocycles. The van der Waals surface area contributed by atoms with Gasteiger partial charge in [-0.25, -0.2) is 4.79 Å². The predicted molar refractivity (Wildman–Crippen MR) is 185 cm³/mol. The molecule has 3 atom stereocenters. The van der Waals surface area contributed by atoms with Crippen LogP contribution in [0.5, 0.6) is 23.0 Å². The molecule has 0 spiro atoms. The molecule has 0 bridgehead atoms. The highest BCUT2D eigenvalue weighted by Crippen LogP contribution is 2.38. The molecule has 264 valence electrons. The maximum atomic E-state index is 12.1. The molecule has 11 nitrogen and oxygen atoms in total. The molecule has 0 aliphatic carbocycles. The molecule has 5 rings (SSSR count). The lowest BCUT2D eigenvalue weighted by Gasteiger charge is -2.39. The molecular weight excluding hydrogens is 628 g/mol. The van der Waals surface area contributed by atoms with E-state index < -0.39 is 6.09 Å². The molecule has 49 heavy (non-hydrogen) atoms. The van der Waals surface area contributed by atoms with E-state index in [0.717, 1.165) is 47.4 Å². The van der Waals surface area contributed by atoms with Crippen molar-refractivity contribution in [2.45, 2.75) is 63.1 Å². The molecular formula is C38H48N2O9. The molecule has 3 aromatic carbocycles. The van der Waals surface area contributed by atoms with Gasteiger partial charge in [-0.2, -0.15) is 0 Å². The van der Waals surface area contributed by atoms with E-state index >= 15 is 0 Å². The van der Waals surface area contributed by atoms with Crippen LogP contribution in [0.25, 0.3) is 0 Å². The van der Waals surface area contributed by atoms with E-state index in [1.165, 1.54) is 4.90 Å². The molecule has 2 aliphatic rings. The molecule has 2 aliphatic heterocycles. The summed E-state index contributed by atoms with van der Waals surface area (Å²) in [4.78, 5) is 25.6. The first-order chi connectivity index (χ1) is 23.9. The van der Waals surface area contributed by atoms with Gasteiger partial charge in [-0.1, -0.05) is 30.3 Å². The Morgan fingerprint density at radius 3 is 2.35 bits per heavy atom. The fourth-order valence-corrected chi connectivity index (χ4v) is 6.48. The van der Waals surface area contributed by atoms with Crippen molar-refractivity contribution in [3.63, 3.8) is 0 Å². The summed E-state index contributed by atoms with van der Waals surface area (Å²) < 4.78 is 35.0. The topological polar surface area (TPSA) is 125 Å². The Hall–Kier alpha value is -4.48. The van der Waals surface area contributed by atoms with Gasteiger partial charge in [0.2, 0.25) is 11.7 Å². The first-order valence-corrected chi connectivity index (χ1v) is 17.0. The number of carbonyl (C=O) groups excluding carboxylic acids is 1. The highest BCUT2D eigenvalue weighted by molar-refractivity contribution is 5.94. The van der Waals surface area contributed by atoms with Crippen molar-refractivity contribution in [1.29, 1.82) is 0 Å². The molecule has 3 unspecified atom stereocenters. The third kappa shape index (κ3) is 9.57. The molecule has 3 aromatic rings. The summed E-state index contributed by atoms with van der Waals surface area (Å²) in [5.41, 5.74) is 3.96. The minimum absolute atomic E-state index is 0.00368. The Labute approximate surface area is 288 Å². The van der Waals surface area contributed by atoms with Crippen molar-refractivity contribution in [3.8, 4) is 23.0 Å². The fraction of sp³-hybridized carbons (Fsp3) is 0.474. The van der Waals surface area contributed by atoms with Crippen LogP contribution in [0.15, 0.2) is 60.7 Å². The highest BCUT2D eigenvalue weighted by Gasteiger charge is 2.35. The number of benzene rings is 3. The molecule has 11 heteroatoms. The normalized spacial score (nSPS) is 17.9. The van der Waals surface area contributed by atoms with Gasteiger partial charge in [0.1, 0.15) is 5.75 Å². The Balaban J connectivity index is 1.21. The number of unbranched alkanes of at least 4 members (excludes halogenated alkanes) is 1. The summed E-state index contributed by atoms with van der Waals surface area (Å²) in [6.07, 6.45) is 3.29. The number of para-hydroxylation sites is 1. The van der Waals surface area contributed by atoms with E-state index in [2.05, 4.69) is 29.6 Å². The number of fused-ring (bicyclic) bond motifs is 1. The van der Waals surface area contributed by atoms with E-state index in [1.807, 2.05) is 36.4 Å². The van der Waals surface area contributed by atoms with Crippen molar-refractivity contribution in [1.82, 2.24) is 4.90 Å². The van der Waals surface area contributed by atoms with Crippen LogP contribution in [-0.2, 0) is 20.7 Å². The summed E-state index contributed by atoms with van der Waals surface area (Å²) in [6.45, 7) is 2.33. The van der Waals surface area contributed by atoms with Gasteiger partial charge in [0, 0.05) is 38.3 Å². The quantitative estimate of drug-likeness (QED) is 0.148. The predicted octanol–water partition coefficient (Wildman–Crippen LogP) is 6.85. The Bertz CT molecular complexity index is 1510. The summed E-state index contributed by atoms with van der Waals surface area (Å²) in [7, 11) is 4.88. The van der Waals surface area contributed by atoms with Crippen LogP contribution in [0.1, 0.15) is 67.2 Å². The number of carbonyl (C=O) groups is 2. The third-order valence-electron chi connectivity index (χ3n) is 9.13. The lowest BCUT2D eigenvalue weighted by atomic mass is 9.86. The SMILES string of the molecule is COCCCC(OC1CN(C(=O)O)CCC1c1ccc(OCCCCOc2c(OC)cccc2OC)cc1)c1ccc2c(c1)NC(=O)CC2. The number of carboxylic acid groups (broad SMARTS) is 1. The molecule has 0 radical (unpaired) electrons. The van der Waals surface area contributed by atoms with Gasteiger partial charge < -0.3 is 43.7 Å². The molecule has 2 amide bonds. The maximum absolute atomic E-state index is 12.1. The number of likely N-dealkylation sites (tertiary alicyclic amines) is 1. The van der Waals surface area contributed by atoms with Crippen molar-refractivity contribution < 1.29 is 43.1 Å². The smallest absolute Gasteiger partial charge is 0.407 e. The van der Waals surface area contributed by atoms with Gasteiger partial charge >= 0.3 is 6.09 Å². The number of nitrogens with zero attached hydrogens (tertiary/aromatic N) is 1. The lowest BCUT2D eigenvalue weighted by Crippen LogP contribution is -2.46. The largest absolute Gasteiger partial charge is 0.494 e. The number of anilines is 1. The van der Waals surface area contributed by atoms with Crippen molar-refractivity contribution in [2.75, 3.05) is 59.6 Å².